The van der Waals surface area contributed by atoms with Gasteiger partial charge in [-0.05, 0) is 49.0 Å². The molecule has 0 spiro atoms. The van der Waals surface area contributed by atoms with Crippen LogP contribution in [0.4, 0.5) is 0 Å². The highest BCUT2D eigenvalue weighted by Gasteiger charge is 2.05. The molecule has 0 fully saturated rings. The summed E-state index contributed by atoms with van der Waals surface area (Å²) in [6.45, 7) is 2.12. The molecule has 3 nitrogen and oxygen atoms in total. The van der Waals surface area contributed by atoms with Crippen molar-refractivity contribution in [2.24, 2.45) is 0 Å². The van der Waals surface area contributed by atoms with Crippen molar-refractivity contribution in [1.29, 1.82) is 5.26 Å². The first-order valence-corrected chi connectivity index (χ1v) is 6.55. The van der Waals surface area contributed by atoms with Gasteiger partial charge < -0.3 is 0 Å². The van der Waals surface area contributed by atoms with Gasteiger partial charge in [0, 0.05) is 6.20 Å². The summed E-state index contributed by atoms with van der Waals surface area (Å²) in [6.07, 6.45) is 11.0. The van der Waals surface area contributed by atoms with E-state index in [1.54, 1.807) is 6.08 Å². The van der Waals surface area contributed by atoms with E-state index in [4.69, 9.17) is 10.5 Å². The summed E-state index contributed by atoms with van der Waals surface area (Å²) in [5, 5.41) is 17.5. The Morgan fingerprint density at radius 3 is 2.89 bits per heavy atom. The molecule has 19 heavy (non-hydrogen) atoms. The van der Waals surface area contributed by atoms with E-state index >= 15 is 0 Å². The van der Waals surface area contributed by atoms with Crippen LogP contribution in [0.15, 0.2) is 42.6 Å². The molecule has 0 aliphatic carbocycles. The average Bonchev–Trinajstić information content (AvgIpc) is 2.46. The zero-order valence-electron chi connectivity index (χ0n) is 11.3. The van der Waals surface area contributed by atoms with Crippen LogP contribution in [0.3, 0.4) is 0 Å². The molecule has 2 N–H and O–H groups in total. The minimum Gasteiger partial charge on any atom is -0.292 e. The Morgan fingerprint density at radius 2 is 2.21 bits per heavy atom. The highest BCUT2D eigenvalue weighted by Crippen LogP contribution is 2.17. The largest absolute Gasteiger partial charge is 0.292 e. The number of hydrogen-bond donors (Lipinski definition) is 2. The van der Waals surface area contributed by atoms with Crippen molar-refractivity contribution in [3.05, 3.63) is 59.3 Å². The van der Waals surface area contributed by atoms with Crippen molar-refractivity contribution in [3.8, 4) is 6.07 Å². The molecule has 0 heterocycles. The third-order valence-electron chi connectivity index (χ3n) is 2.99. The summed E-state index contributed by atoms with van der Waals surface area (Å²) >= 11 is 0. The second kappa shape index (κ2) is 8.96. The summed E-state index contributed by atoms with van der Waals surface area (Å²) in [7, 11) is 0. The van der Waals surface area contributed by atoms with Crippen LogP contribution in [0.2, 0.25) is 0 Å². The lowest BCUT2D eigenvalue weighted by Crippen LogP contribution is -1.97. The second-order valence-electron chi connectivity index (χ2n) is 4.22. The van der Waals surface area contributed by atoms with Crippen LogP contribution in [0.25, 0.3) is 0 Å². The van der Waals surface area contributed by atoms with E-state index < -0.39 is 0 Å². The molecule has 0 atom stereocenters. The Labute approximate surface area is 114 Å². The number of benzene rings is 1. The highest BCUT2D eigenvalue weighted by atomic mass is 16.5. The topological polar surface area (TPSA) is 56.0 Å². The van der Waals surface area contributed by atoms with Crippen molar-refractivity contribution in [3.63, 3.8) is 0 Å². The molecule has 0 bridgehead atoms. The van der Waals surface area contributed by atoms with Crippen LogP contribution in [0, 0.1) is 11.3 Å². The van der Waals surface area contributed by atoms with E-state index in [-0.39, 0.29) is 0 Å². The van der Waals surface area contributed by atoms with Gasteiger partial charge in [0.1, 0.15) is 0 Å². The van der Waals surface area contributed by atoms with Gasteiger partial charge in [0.25, 0.3) is 0 Å². The molecule has 1 aromatic carbocycles. The van der Waals surface area contributed by atoms with Crippen LogP contribution in [-0.2, 0) is 12.8 Å². The zero-order valence-corrected chi connectivity index (χ0v) is 11.3. The lowest BCUT2D eigenvalue weighted by atomic mass is 9.95. The van der Waals surface area contributed by atoms with Crippen molar-refractivity contribution in [1.82, 2.24) is 5.48 Å². The number of nitrogens with zero attached hydrogens (tertiary/aromatic N) is 1. The number of nitrogens with one attached hydrogen (secondary N) is 1. The van der Waals surface area contributed by atoms with Gasteiger partial charge in [-0.1, -0.05) is 31.2 Å². The molecular weight excluding hydrogens is 236 g/mol. The quantitative estimate of drug-likeness (QED) is 0.446. The lowest BCUT2D eigenvalue weighted by molar-refractivity contribution is 0.214. The van der Waals surface area contributed by atoms with Gasteiger partial charge in [0.2, 0.25) is 0 Å². The number of hydrogen-bond acceptors (Lipinski definition) is 3. The molecule has 0 saturated heterocycles. The van der Waals surface area contributed by atoms with Crippen molar-refractivity contribution >= 4 is 0 Å². The molecule has 1 aromatic rings. The fraction of sp³-hybridized carbons (Fsp3) is 0.312. The minimum atomic E-state index is 0.799. The van der Waals surface area contributed by atoms with Crippen molar-refractivity contribution < 1.29 is 5.21 Å². The number of allylic oxidation sites excluding steroid dienone is 3. The van der Waals surface area contributed by atoms with Crippen LogP contribution in [0.5, 0.6) is 0 Å². The molecule has 0 unspecified atom stereocenters. The van der Waals surface area contributed by atoms with Crippen LogP contribution in [-0.4, -0.2) is 5.21 Å². The van der Waals surface area contributed by atoms with E-state index in [0.717, 1.165) is 31.2 Å². The van der Waals surface area contributed by atoms with Crippen molar-refractivity contribution in [2.75, 3.05) is 0 Å². The van der Waals surface area contributed by atoms with E-state index in [1.165, 1.54) is 17.3 Å². The first kappa shape index (κ1) is 15.0. The van der Waals surface area contributed by atoms with Crippen LogP contribution >= 0.6 is 0 Å². The van der Waals surface area contributed by atoms with E-state index in [2.05, 4.69) is 25.1 Å². The van der Waals surface area contributed by atoms with Crippen LogP contribution in [0.1, 0.15) is 36.5 Å². The maximum absolute atomic E-state index is 9.13. The summed E-state index contributed by atoms with van der Waals surface area (Å²) in [5.41, 5.74) is 5.20. The fourth-order valence-corrected chi connectivity index (χ4v) is 2.04. The van der Waals surface area contributed by atoms with E-state index in [1.807, 2.05) is 23.7 Å². The molecule has 1 rings (SSSR count). The lowest BCUT2D eigenvalue weighted by Gasteiger charge is -2.08. The molecule has 0 aliphatic rings. The molecule has 3 heteroatoms. The van der Waals surface area contributed by atoms with Gasteiger partial charge in [-0.15, -0.1) is 0 Å². The summed E-state index contributed by atoms with van der Waals surface area (Å²) in [4.78, 5) is 0. The predicted molar refractivity (Wildman–Crippen MR) is 76.7 cm³/mol. The Bertz CT molecular complexity index is 484. The number of rotatable bonds is 7. The first-order chi connectivity index (χ1) is 9.33. The Balaban J connectivity index is 2.56. The van der Waals surface area contributed by atoms with Gasteiger partial charge >= 0.3 is 0 Å². The molecular formula is C16H20N2O. The second-order valence-corrected chi connectivity index (χ2v) is 4.22. The standard InChI is InChI=1S/C16H20N2O/c1-2-14-9-8-10-15(13-17)16(14)11-6-4-3-5-7-12-18-19/h3,5,7-10,12,18-19H,2,4,6,11H2,1H3/b5-3-,12-7-. The normalized spacial score (nSPS) is 11.0. The average molecular weight is 256 g/mol. The molecule has 0 radical (unpaired) electrons. The molecule has 0 amide bonds. The number of aryl methyl sites for hydroxylation is 1. The zero-order chi connectivity index (χ0) is 13.9. The summed E-state index contributed by atoms with van der Waals surface area (Å²) < 4.78 is 0. The molecule has 0 saturated carbocycles. The SMILES string of the molecule is CCc1cccc(C#N)c1CCC/C=C\C=C/NO. The highest BCUT2D eigenvalue weighted by molar-refractivity contribution is 5.43. The fourth-order valence-electron chi connectivity index (χ4n) is 2.04. The van der Waals surface area contributed by atoms with Crippen LogP contribution < -0.4 is 5.48 Å². The van der Waals surface area contributed by atoms with E-state index in [9.17, 15) is 0 Å². The van der Waals surface area contributed by atoms with E-state index in [0.29, 0.717) is 0 Å². The third-order valence-corrected chi connectivity index (χ3v) is 2.99. The number of nitriles is 1. The Morgan fingerprint density at radius 1 is 1.37 bits per heavy atom. The van der Waals surface area contributed by atoms with Gasteiger partial charge in [0.05, 0.1) is 11.6 Å². The van der Waals surface area contributed by atoms with Gasteiger partial charge in [-0.2, -0.15) is 5.26 Å². The van der Waals surface area contributed by atoms with Gasteiger partial charge in [0.15, 0.2) is 0 Å². The van der Waals surface area contributed by atoms with Crippen molar-refractivity contribution in [2.45, 2.75) is 32.6 Å². The first-order valence-electron chi connectivity index (χ1n) is 6.55. The summed E-state index contributed by atoms with van der Waals surface area (Å²) in [6, 6.07) is 8.21. The Kier molecular flexibility index (Phi) is 7.08. The maximum Gasteiger partial charge on any atom is 0.0994 e. The summed E-state index contributed by atoms with van der Waals surface area (Å²) in [5.74, 6) is 0. The monoisotopic (exact) mass is 256 g/mol. The predicted octanol–water partition coefficient (Wildman–Crippen LogP) is 3.49. The van der Waals surface area contributed by atoms with Gasteiger partial charge in [-0.25, -0.2) is 0 Å². The molecule has 0 aromatic heterocycles. The Hall–Kier alpha value is -2.05. The molecule has 100 valence electrons. The third kappa shape index (κ3) is 4.99. The number of hydroxylamine groups is 1. The molecule has 0 aliphatic heterocycles. The number of unbranched alkanes of at least 4 members (excludes halogenated alkanes) is 1. The minimum absolute atomic E-state index is 0.799. The maximum atomic E-state index is 9.13. The van der Waals surface area contributed by atoms with Gasteiger partial charge in [-0.3, -0.25) is 10.7 Å². The smallest absolute Gasteiger partial charge is 0.0994 e.